The van der Waals surface area contributed by atoms with Crippen LogP contribution in [0, 0.1) is 13.8 Å². The number of amides is 3. The van der Waals surface area contributed by atoms with Gasteiger partial charge in [-0.2, -0.15) is 0 Å². The van der Waals surface area contributed by atoms with Gasteiger partial charge in [-0.3, -0.25) is 4.79 Å². The van der Waals surface area contributed by atoms with Gasteiger partial charge < -0.3 is 30.3 Å². The van der Waals surface area contributed by atoms with Crippen molar-refractivity contribution in [3.8, 4) is 0 Å². The molecule has 3 atom stereocenters. The quantitative estimate of drug-likeness (QED) is 0.477. The van der Waals surface area contributed by atoms with Crippen molar-refractivity contribution in [2.45, 2.75) is 57.9 Å². The number of ether oxygens (including phenoxy) is 1. The summed E-state index contributed by atoms with van der Waals surface area (Å²) in [6.07, 6.45) is 0.296. The van der Waals surface area contributed by atoms with Crippen LogP contribution in [0.3, 0.4) is 0 Å². The van der Waals surface area contributed by atoms with E-state index < -0.39 is 18.2 Å². The Labute approximate surface area is 195 Å². The van der Waals surface area contributed by atoms with Gasteiger partial charge in [0.1, 0.15) is 17.5 Å². The van der Waals surface area contributed by atoms with Gasteiger partial charge in [0.15, 0.2) is 5.76 Å². The van der Waals surface area contributed by atoms with Gasteiger partial charge in [-0.1, -0.05) is 34.4 Å². The van der Waals surface area contributed by atoms with Gasteiger partial charge in [-0.05, 0) is 44.4 Å². The molecule has 1 fully saturated rings. The van der Waals surface area contributed by atoms with Crippen LogP contribution in [-0.4, -0.2) is 47.1 Å². The Morgan fingerprint density at radius 3 is 2.66 bits per heavy atom. The van der Waals surface area contributed by atoms with Crippen LogP contribution in [-0.2, 0) is 16.1 Å². The molecule has 3 amide bonds. The molecule has 1 aliphatic rings. The highest BCUT2D eigenvalue weighted by atomic mass is 35.5. The van der Waals surface area contributed by atoms with Crippen molar-refractivity contribution in [2.75, 3.05) is 11.9 Å². The minimum absolute atomic E-state index is 0.149. The minimum Gasteiger partial charge on any atom is -0.394 e. The van der Waals surface area contributed by atoms with Crippen molar-refractivity contribution >= 4 is 40.8 Å². The Bertz CT molecular complexity index is 948. The third-order valence-corrected chi connectivity index (χ3v) is 6.01. The number of aryl methyl sites for hydroxylation is 2. The normalized spacial score (nSPS) is 20.6. The molecule has 0 radical (unpaired) electrons. The predicted molar refractivity (Wildman–Crippen MR) is 120 cm³/mol. The van der Waals surface area contributed by atoms with Crippen molar-refractivity contribution in [1.82, 2.24) is 15.8 Å². The number of hydrogen-bond donors (Lipinski definition) is 4. The number of hydrogen-bond acceptors (Lipinski definition) is 6. The first kappa shape index (κ1) is 24.3. The lowest BCUT2D eigenvalue weighted by Gasteiger charge is -2.35. The number of anilines is 1. The van der Waals surface area contributed by atoms with Crippen LogP contribution in [0.25, 0.3) is 0 Å². The number of aromatic nitrogens is 1. The molecule has 0 spiro atoms. The van der Waals surface area contributed by atoms with E-state index in [0.29, 0.717) is 46.6 Å². The number of aliphatic hydroxyl groups is 1. The predicted octanol–water partition coefficient (Wildman–Crippen LogP) is 3.33. The zero-order valence-electron chi connectivity index (χ0n) is 17.8. The molecule has 1 saturated heterocycles. The Kier molecular flexibility index (Phi) is 8.36. The summed E-state index contributed by atoms with van der Waals surface area (Å²) in [6.45, 7) is 3.46. The average molecular weight is 485 g/mol. The van der Waals surface area contributed by atoms with Crippen LogP contribution in [0.1, 0.15) is 36.3 Å². The second kappa shape index (κ2) is 11.0. The maximum absolute atomic E-state index is 12.4. The second-order valence-electron chi connectivity index (χ2n) is 7.69. The number of aliphatic hydroxyl groups excluding tert-OH is 1. The molecule has 0 saturated carbocycles. The lowest BCUT2D eigenvalue weighted by molar-refractivity contribution is -0.130. The van der Waals surface area contributed by atoms with Gasteiger partial charge in [0.25, 0.3) is 0 Å². The number of rotatable bonds is 7. The standard InChI is InChI=1S/C21H26Cl2N4O5/c1-11-20(12(2)32-27-11)26-21(30)25-17-6-4-14(31-18(17)10-28)8-19(29)24-9-13-3-5-15(22)16(23)7-13/h3,5,7,14,17-18,28H,4,6,8-10H2,1-2H3,(H,24,29)(H2,25,26,30)/t14-,17+,18+/m0/s1. The van der Waals surface area contributed by atoms with Crippen LogP contribution in [0.4, 0.5) is 10.5 Å². The number of benzene rings is 1. The summed E-state index contributed by atoms with van der Waals surface area (Å²) >= 11 is 11.9. The molecule has 4 N–H and O–H groups in total. The van der Waals surface area contributed by atoms with E-state index in [4.69, 9.17) is 32.5 Å². The lowest BCUT2D eigenvalue weighted by atomic mass is 9.97. The first-order valence-corrected chi connectivity index (χ1v) is 11.0. The zero-order chi connectivity index (χ0) is 23.3. The smallest absolute Gasteiger partial charge is 0.319 e. The Hall–Kier alpha value is -2.33. The molecule has 0 aliphatic carbocycles. The van der Waals surface area contributed by atoms with E-state index in [0.717, 1.165) is 5.56 Å². The molecule has 2 heterocycles. The maximum Gasteiger partial charge on any atom is 0.319 e. The highest BCUT2D eigenvalue weighted by Gasteiger charge is 2.33. The van der Waals surface area contributed by atoms with Crippen molar-refractivity contribution in [1.29, 1.82) is 0 Å². The molecular weight excluding hydrogens is 459 g/mol. The molecule has 174 valence electrons. The Morgan fingerprint density at radius 1 is 1.22 bits per heavy atom. The van der Waals surface area contributed by atoms with Crippen LogP contribution < -0.4 is 16.0 Å². The van der Waals surface area contributed by atoms with E-state index in [2.05, 4.69) is 21.1 Å². The van der Waals surface area contributed by atoms with Crippen LogP contribution in [0.5, 0.6) is 0 Å². The molecule has 32 heavy (non-hydrogen) atoms. The first-order valence-electron chi connectivity index (χ1n) is 10.2. The van der Waals surface area contributed by atoms with Crippen LogP contribution in [0.15, 0.2) is 22.7 Å². The van der Waals surface area contributed by atoms with Gasteiger partial charge >= 0.3 is 6.03 Å². The minimum atomic E-state index is -0.618. The second-order valence-corrected chi connectivity index (χ2v) is 8.50. The monoisotopic (exact) mass is 484 g/mol. The van der Waals surface area contributed by atoms with Crippen LogP contribution >= 0.6 is 23.2 Å². The summed E-state index contributed by atoms with van der Waals surface area (Å²) in [4.78, 5) is 24.7. The van der Waals surface area contributed by atoms with E-state index in [9.17, 15) is 14.7 Å². The highest BCUT2D eigenvalue weighted by molar-refractivity contribution is 6.42. The fraction of sp³-hybridized carbons (Fsp3) is 0.476. The van der Waals surface area contributed by atoms with Crippen molar-refractivity contribution < 1.29 is 24.0 Å². The Balaban J connectivity index is 1.46. The first-order chi connectivity index (χ1) is 15.3. The topological polar surface area (TPSA) is 126 Å². The van der Waals surface area contributed by atoms with Crippen molar-refractivity contribution in [2.24, 2.45) is 0 Å². The number of nitrogens with zero attached hydrogens (tertiary/aromatic N) is 1. The lowest BCUT2D eigenvalue weighted by Crippen LogP contribution is -2.52. The number of carbonyl (C=O) groups is 2. The van der Waals surface area contributed by atoms with Gasteiger partial charge in [-0.25, -0.2) is 4.79 Å². The molecule has 1 aromatic heterocycles. The number of nitrogens with one attached hydrogen (secondary N) is 3. The molecule has 0 unspecified atom stereocenters. The van der Waals surface area contributed by atoms with Gasteiger partial charge in [-0.15, -0.1) is 0 Å². The van der Waals surface area contributed by atoms with E-state index in [1.165, 1.54) is 0 Å². The molecular formula is C21H26Cl2N4O5. The number of urea groups is 1. The molecule has 9 nitrogen and oxygen atoms in total. The summed E-state index contributed by atoms with van der Waals surface area (Å²) in [5.74, 6) is 0.323. The van der Waals surface area contributed by atoms with Crippen LogP contribution in [0.2, 0.25) is 10.0 Å². The van der Waals surface area contributed by atoms with E-state index in [-0.39, 0.29) is 25.0 Å². The molecule has 11 heteroatoms. The Morgan fingerprint density at radius 2 is 2.00 bits per heavy atom. The third-order valence-electron chi connectivity index (χ3n) is 5.27. The van der Waals surface area contributed by atoms with Gasteiger partial charge in [0.05, 0.1) is 35.2 Å². The number of carbonyl (C=O) groups excluding carboxylic acids is 2. The van der Waals surface area contributed by atoms with Gasteiger partial charge in [0.2, 0.25) is 5.91 Å². The van der Waals surface area contributed by atoms with Crippen molar-refractivity contribution in [3.05, 3.63) is 45.3 Å². The fourth-order valence-electron chi connectivity index (χ4n) is 3.56. The molecule has 0 bridgehead atoms. The SMILES string of the molecule is Cc1noc(C)c1NC(=O)N[C@@H]1CC[C@@H](CC(=O)NCc2ccc(Cl)c(Cl)c2)O[C@@H]1CO. The fourth-order valence-corrected chi connectivity index (χ4v) is 3.88. The number of halogens is 2. The zero-order valence-corrected chi connectivity index (χ0v) is 19.3. The summed E-state index contributed by atoms with van der Waals surface area (Å²) in [5, 5.41) is 22.8. The van der Waals surface area contributed by atoms with Crippen molar-refractivity contribution in [3.63, 3.8) is 0 Å². The van der Waals surface area contributed by atoms with Gasteiger partial charge in [0, 0.05) is 6.54 Å². The highest BCUT2D eigenvalue weighted by Crippen LogP contribution is 2.24. The molecule has 1 aromatic carbocycles. The van der Waals surface area contributed by atoms with E-state index in [1.54, 1.807) is 32.0 Å². The summed E-state index contributed by atoms with van der Waals surface area (Å²) in [6, 6.07) is 4.33. The summed E-state index contributed by atoms with van der Waals surface area (Å²) < 4.78 is 10.9. The molecule has 1 aliphatic heterocycles. The summed E-state index contributed by atoms with van der Waals surface area (Å²) in [7, 11) is 0. The maximum atomic E-state index is 12.4. The molecule has 2 aromatic rings. The average Bonchev–Trinajstić information content (AvgIpc) is 3.07. The molecule has 3 rings (SSSR count). The largest absolute Gasteiger partial charge is 0.394 e. The van der Waals surface area contributed by atoms with E-state index >= 15 is 0 Å². The summed E-state index contributed by atoms with van der Waals surface area (Å²) in [5.41, 5.74) is 1.92. The van der Waals surface area contributed by atoms with E-state index in [1.807, 2.05) is 0 Å². The third kappa shape index (κ3) is 6.35.